The first kappa shape index (κ1) is 17.5. The number of rotatable bonds is 6. The van der Waals surface area contributed by atoms with Gasteiger partial charge >= 0.3 is 5.97 Å². The number of aliphatic hydroxyl groups excluding tert-OH is 1. The summed E-state index contributed by atoms with van der Waals surface area (Å²) in [4.78, 5) is 24.6. The van der Waals surface area contributed by atoms with Gasteiger partial charge in [0.2, 0.25) is 5.91 Å². The van der Waals surface area contributed by atoms with Gasteiger partial charge in [0.05, 0.1) is 17.9 Å². The first-order valence-electron chi connectivity index (χ1n) is 6.63. The van der Waals surface area contributed by atoms with Crippen LogP contribution in [0.3, 0.4) is 0 Å². The first-order valence-corrected chi connectivity index (χ1v) is 7.61. The van der Waals surface area contributed by atoms with Crippen molar-refractivity contribution in [3.63, 3.8) is 0 Å². The lowest BCUT2D eigenvalue weighted by Gasteiger charge is -2.24. The Hall–Kier alpha value is -1.53. The number of anilines is 1. The second-order valence-electron chi connectivity index (χ2n) is 5.52. The lowest BCUT2D eigenvalue weighted by atomic mass is 10.2. The van der Waals surface area contributed by atoms with Gasteiger partial charge in [0.15, 0.2) is 0 Å². The molecular formula is C15H21NO4S. The van der Waals surface area contributed by atoms with Gasteiger partial charge in [-0.15, -0.1) is 11.8 Å². The molecule has 0 atom stereocenters. The van der Waals surface area contributed by atoms with Crippen LogP contribution in [0.2, 0.25) is 0 Å². The van der Waals surface area contributed by atoms with E-state index < -0.39 is 5.97 Å². The molecular weight excluding hydrogens is 290 g/mol. The van der Waals surface area contributed by atoms with Gasteiger partial charge in [-0.05, 0) is 24.3 Å². The Morgan fingerprint density at radius 2 is 1.76 bits per heavy atom. The highest BCUT2D eigenvalue weighted by Gasteiger charge is 2.19. The Balaban J connectivity index is 2.85. The van der Waals surface area contributed by atoms with Gasteiger partial charge in [0.1, 0.15) is 0 Å². The van der Waals surface area contributed by atoms with Crippen LogP contribution in [0.1, 0.15) is 31.1 Å². The van der Waals surface area contributed by atoms with Crippen molar-refractivity contribution in [3.05, 3.63) is 29.8 Å². The molecule has 1 amide bonds. The lowest BCUT2D eigenvalue weighted by molar-refractivity contribution is -0.116. The smallest absolute Gasteiger partial charge is 0.335 e. The SMILES string of the molecule is CC(C)(C)SCC(=O)N(CCO)c1ccc(C(=O)O)cc1. The van der Waals surface area contributed by atoms with Crippen molar-refractivity contribution in [1.82, 2.24) is 0 Å². The molecule has 0 spiro atoms. The van der Waals surface area contributed by atoms with Crippen LogP contribution < -0.4 is 4.90 Å². The van der Waals surface area contributed by atoms with Crippen LogP contribution in [0, 0.1) is 0 Å². The number of carboxylic acids is 1. The molecule has 0 unspecified atom stereocenters. The third-order valence-electron chi connectivity index (χ3n) is 2.68. The third kappa shape index (κ3) is 5.77. The van der Waals surface area contributed by atoms with E-state index in [1.54, 1.807) is 12.1 Å². The van der Waals surface area contributed by atoms with Crippen molar-refractivity contribution in [1.29, 1.82) is 0 Å². The van der Waals surface area contributed by atoms with Crippen molar-refractivity contribution < 1.29 is 19.8 Å². The fourth-order valence-corrected chi connectivity index (χ4v) is 2.35. The molecule has 0 aromatic heterocycles. The van der Waals surface area contributed by atoms with Crippen LogP contribution in [-0.4, -0.2) is 45.7 Å². The van der Waals surface area contributed by atoms with Crippen LogP contribution in [0.5, 0.6) is 0 Å². The van der Waals surface area contributed by atoms with E-state index in [2.05, 4.69) is 0 Å². The fourth-order valence-electron chi connectivity index (χ4n) is 1.64. The van der Waals surface area contributed by atoms with E-state index in [4.69, 9.17) is 10.2 Å². The highest BCUT2D eigenvalue weighted by molar-refractivity contribution is 8.01. The zero-order valence-electron chi connectivity index (χ0n) is 12.5. The van der Waals surface area contributed by atoms with Gasteiger partial charge in [0, 0.05) is 17.0 Å². The van der Waals surface area contributed by atoms with Crippen LogP contribution in [0.25, 0.3) is 0 Å². The zero-order valence-corrected chi connectivity index (χ0v) is 13.3. The van der Waals surface area contributed by atoms with Gasteiger partial charge in [-0.2, -0.15) is 0 Å². The second-order valence-corrected chi connectivity index (χ2v) is 7.32. The highest BCUT2D eigenvalue weighted by atomic mass is 32.2. The predicted octanol–water partition coefficient (Wildman–Crippen LogP) is 2.24. The van der Waals surface area contributed by atoms with E-state index in [0.717, 1.165) is 0 Å². The number of aromatic carboxylic acids is 1. The summed E-state index contributed by atoms with van der Waals surface area (Å²) < 4.78 is -0.0201. The van der Waals surface area contributed by atoms with Crippen molar-refractivity contribution in [3.8, 4) is 0 Å². The largest absolute Gasteiger partial charge is 0.478 e. The van der Waals surface area contributed by atoms with Crippen molar-refractivity contribution in [2.24, 2.45) is 0 Å². The van der Waals surface area contributed by atoms with Gasteiger partial charge in [0.25, 0.3) is 0 Å². The summed E-state index contributed by atoms with van der Waals surface area (Å²) in [6.07, 6.45) is 0. The number of hydrogen-bond donors (Lipinski definition) is 2. The number of hydrogen-bond acceptors (Lipinski definition) is 4. The number of aliphatic hydroxyl groups is 1. The predicted molar refractivity (Wildman–Crippen MR) is 85.1 cm³/mol. The quantitative estimate of drug-likeness (QED) is 0.842. The average Bonchev–Trinajstić information content (AvgIpc) is 2.41. The van der Waals surface area contributed by atoms with Crippen LogP contribution in [0.4, 0.5) is 5.69 Å². The molecule has 0 aliphatic heterocycles. The monoisotopic (exact) mass is 311 g/mol. The fraction of sp³-hybridized carbons (Fsp3) is 0.467. The molecule has 21 heavy (non-hydrogen) atoms. The van der Waals surface area contributed by atoms with Gasteiger partial charge in [-0.3, -0.25) is 4.79 Å². The molecule has 0 saturated carbocycles. The Morgan fingerprint density at radius 1 is 1.19 bits per heavy atom. The summed E-state index contributed by atoms with van der Waals surface area (Å²) in [5.74, 6) is -0.804. The number of amides is 1. The van der Waals surface area contributed by atoms with Crippen LogP contribution >= 0.6 is 11.8 Å². The van der Waals surface area contributed by atoms with E-state index in [1.807, 2.05) is 20.8 Å². The maximum Gasteiger partial charge on any atom is 0.335 e. The van der Waals surface area contributed by atoms with Gasteiger partial charge in [-0.25, -0.2) is 4.79 Å². The van der Waals surface area contributed by atoms with Gasteiger partial charge < -0.3 is 15.1 Å². The normalized spacial score (nSPS) is 11.2. The molecule has 1 aromatic rings. The Kier molecular flexibility index (Phi) is 6.23. The summed E-state index contributed by atoms with van der Waals surface area (Å²) >= 11 is 1.53. The molecule has 1 rings (SSSR count). The molecule has 0 bridgehead atoms. The minimum atomic E-state index is -1.01. The van der Waals surface area contributed by atoms with E-state index in [-0.39, 0.29) is 29.4 Å². The van der Waals surface area contributed by atoms with Crippen LogP contribution in [-0.2, 0) is 4.79 Å². The average molecular weight is 311 g/mol. The van der Waals surface area contributed by atoms with E-state index in [1.165, 1.54) is 28.8 Å². The molecule has 0 heterocycles. The molecule has 116 valence electrons. The zero-order chi connectivity index (χ0) is 16.0. The van der Waals surface area contributed by atoms with E-state index >= 15 is 0 Å². The number of benzene rings is 1. The minimum Gasteiger partial charge on any atom is -0.478 e. The third-order valence-corrected chi connectivity index (χ3v) is 3.94. The van der Waals surface area contributed by atoms with Crippen molar-refractivity contribution in [2.75, 3.05) is 23.8 Å². The first-order chi connectivity index (χ1) is 9.74. The standard InChI is InChI=1S/C15H21NO4S/c1-15(2,3)21-10-13(18)16(8-9-17)12-6-4-11(5-7-12)14(19)20/h4-7,17H,8-10H2,1-3H3,(H,19,20). The molecule has 0 aliphatic carbocycles. The molecule has 2 N–H and O–H groups in total. The number of carbonyl (C=O) groups excluding carboxylic acids is 1. The lowest BCUT2D eigenvalue weighted by Crippen LogP contribution is -2.35. The maximum absolute atomic E-state index is 12.3. The second kappa shape index (κ2) is 7.47. The number of carbonyl (C=O) groups is 2. The van der Waals surface area contributed by atoms with E-state index in [9.17, 15) is 9.59 Å². The minimum absolute atomic E-state index is 0.0201. The molecule has 1 aromatic carbocycles. The summed E-state index contributed by atoms with van der Waals surface area (Å²) in [5, 5.41) is 18.0. The molecule has 0 aliphatic rings. The van der Waals surface area contributed by atoms with Crippen molar-refractivity contribution >= 4 is 29.3 Å². The Bertz CT molecular complexity index is 493. The molecule has 5 nitrogen and oxygen atoms in total. The molecule has 6 heteroatoms. The number of thioether (sulfide) groups is 1. The van der Waals surface area contributed by atoms with E-state index in [0.29, 0.717) is 11.4 Å². The Labute approximate surface area is 129 Å². The molecule has 0 saturated heterocycles. The Morgan fingerprint density at radius 3 is 2.19 bits per heavy atom. The topological polar surface area (TPSA) is 77.8 Å². The summed E-state index contributed by atoms with van der Waals surface area (Å²) in [6.45, 7) is 6.14. The van der Waals surface area contributed by atoms with Crippen molar-refractivity contribution in [2.45, 2.75) is 25.5 Å². The molecule has 0 radical (unpaired) electrons. The maximum atomic E-state index is 12.3. The number of carboxylic acid groups (broad SMARTS) is 1. The summed E-state index contributed by atoms with van der Waals surface area (Å²) in [7, 11) is 0. The molecule has 0 fully saturated rings. The van der Waals surface area contributed by atoms with Crippen LogP contribution in [0.15, 0.2) is 24.3 Å². The number of nitrogens with zero attached hydrogens (tertiary/aromatic N) is 1. The highest BCUT2D eigenvalue weighted by Crippen LogP contribution is 2.24. The summed E-state index contributed by atoms with van der Waals surface area (Å²) in [5.41, 5.74) is 0.757. The summed E-state index contributed by atoms with van der Waals surface area (Å²) in [6, 6.07) is 6.07. The van der Waals surface area contributed by atoms with Gasteiger partial charge in [-0.1, -0.05) is 20.8 Å².